The molecule has 12 nitrogen and oxygen atoms in total. The fourth-order valence-corrected chi connectivity index (χ4v) is 3.77. The Labute approximate surface area is 171 Å². The first-order valence-electron chi connectivity index (χ1n) is 9.04. The number of carbonyl (C=O) groups is 3. The van der Waals surface area contributed by atoms with Crippen LogP contribution >= 0.6 is 0 Å². The molecule has 3 heterocycles. The maximum absolute atomic E-state index is 12.6. The van der Waals surface area contributed by atoms with Crippen molar-refractivity contribution in [1.29, 1.82) is 0 Å². The van der Waals surface area contributed by atoms with Crippen LogP contribution in [0.15, 0.2) is 12.7 Å². The van der Waals surface area contributed by atoms with E-state index in [1.807, 2.05) is 0 Å². The molecule has 3 rings (SSSR count). The van der Waals surface area contributed by atoms with E-state index < -0.39 is 47.0 Å². The Morgan fingerprint density at radius 1 is 1.10 bits per heavy atom. The molecule has 0 amide bonds. The van der Waals surface area contributed by atoms with Crippen LogP contribution in [0.1, 0.15) is 27.0 Å². The summed E-state index contributed by atoms with van der Waals surface area (Å²) in [5.74, 6) is -2.45. The molecule has 0 saturated carbocycles. The molecule has 30 heavy (non-hydrogen) atoms. The van der Waals surface area contributed by atoms with Crippen molar-refractivity contribution in [2.75, 3.05) is 19.0 Å². The Morgan fingerprint density at radius 2 is 1.70 bits per heavy atom. The number of anilines is 1. The van der Waals surface area contributed by atoms with Crippen molar-refractivity contribution in [3.63, 3.8) is 0 Å². The van der Waals surface area contributed by atoms with Crippen molar-refractivity contribution in [2.45, 2.75) is 50.4 Å². The minimum absolute atomic E-state index is 0.141. The lowest BCUT2D eigenvalue weighted by atomic mass is 9.73. The van der Waals surface area contributed by atoms with Crippen LogP contribution in [0.3, 0.4) is 0 Å². The highest BCUT2D eigenvalue weighted by atomic mass is 16.6. The number of aromatic nitrogens is 4. The summed E-state index contributed by atoms with van der Waals surface area (Å²) in [7, 11) is 3.46. The second-order valence-electron chi connectivity index (χ2n) is 7.53. The van der Waals surface area contributed by atoms with E-state index in [1.54, 1.807) is 19.0 Å². The molecule has 5 atom stereocenters. The van der Waals surface area contributed by atoms with Crippen molar-refractivity contribution in [2.24, 2.45) is 0 Å². The molecular formula is C18H23N5O7. The first-order valence-corrected chi connectivity index (χ1v) is 9.04. The Hall–Kier alpha value is -2.80. The van der Waals surface area contributed by atoms with Crippen LogP contribution in [0.25, 0.3) is 11.2 Å². The van der Waals surface area contributed by atoms with Gasteiger partial charge in [0.25, 0.3) is 0 Å². The third kappa shape index (κ3) is 2.75. The van der Waals surface area contributed by atoms with Crippen molar-refractivity contribution in [1.82, 2.24) is 19.5 Å². The maximum Gasteiger partial charge on any atom is 0.206 e. The van der Waals surface area contributed by atoms with E-state index >= 15 is 0 Å². The van der Waals surface area contributed by atoms with Gasteiger partial charge in [-0.3, -0.25) is 19.0 Å². The van der Waals surface area contributed by atoms with Gasteiger partial charge in [-0.25, -0.2) is 15.0 Å². The summed E-state index contributed by atoms with van der Waals surface area (Å²) in [5, 5.41) is 32.9. The van der Waals surface area contributed by atoms with Gasteiger partial charge in [-0.1, -0.05) is 0 Å². The number of rotatable bonds is 6. The van der Waals surface area contributed by atoms with Gasteiger partial charge in [0.05, 0.1) is 6.33 Å². The number of hydrogen-bond acceptors (Lipinski definition) is 11. The van der Waals surface area contributed by atoms with E-state index in [-0.39, 0.29) is 5.65 Å². The zero-order chi connectivity index (χ0) is 22.6. The lowest BCUT2D eigenvalue weighted by Crippen LogP contribution is -2.67. The number of ether oxygens (including phenoxy) is 1. The fraction of sp³-hybridized carbons (Fsp3) is 0.556. The molecule has 2 aromatic rings. The Bertz CT molecular complexity index is 1040. The molecule has 2 aromatic heterocycles. The fourth-order valence-electron chi connectivity index (χ4n) is 3.77. The number of ketones is 3. The molecule has 0 aromatic carbocycles. The molecule has 0 aliphatic carbocycles. The predicted octanol–water partition coefficient (Wildman–Crippen LogP) is -1.62. The molecule has 0 bridgehead atoms. The molecule has 1 aliphatic heterocycles. The molecule has 0 radical (unpaired) electrons. The van der Waals surface area contributed by atoms with Gasteiger partial charge in [0, 0.05) is 14.1 Å². The topological polar surface area (TPSA) is 168 Å². The Morgan fingerprint density at radius 3 is 2.20 bits per heavy atom. The van der Waals surface area contributed by atoms with Gasteiger partial charge in [-0.15, -0.1) is 0 Å². The largest absolute Gasteiger partial charge is 0.382 e. The van der Waals surface area contributed by atoms with Crippen LogP contribution in [0.5, 0.6) is 0 Å². The SMILES string of the molecule is CC(=O)C(O)[C@H]1O[C@@H](n2cnc3c(N(C)C)ncnc32)[C@](O)(C(C)=O)[C@@]1(O)C(C)=O. The van der Waals surface area contributed by atoms with Crippen LogP contribution in [-0.4, -0.2) is 89.7 Å². The van der Waals surface area contributed by atoms with Gasteiger partial charge >= 0.3 is 0 Å². The second-order valence-corrected chi connectivity index (χ2v) is 7.53. The van der Waals surface area contributed by atoms with E-state index in [4.69, 9.17) is 4.74 Å². The van der Waals surface area contributed by atoms with Crippen LogP contribution in [0, 0.1) is 0 Å². The van der Waals surface area contributed by atoms with E-state index in [2.05, 4.69) is 15.0 Å². The normalized spacial score (nSPS) is 29.7. The van der Waals surface area contributed by atoms with Crippen molar-refractivity contribution >= 4 is 34.3 Å². The number of imidazole rings is 1. The Balaban J connectivity index is 2.28. The molecule has 1 fully saturated rings. The quantitative estimate of drug-likeness (QED) is 0.490. The second kappa shape index (κ2) is 7.16. The molecule has 12 heteroatoms. The van der Waals surface area contributed by atoms with Crippen LogP contribution in [0.4, 0.5) is 5.82 Å². The first-order chi connectivity index (χ1) is 13.9. The number of fused-ring (bicyclic) bond motifs is 1. The summed E-state index contributed by atoms with van der Waals surface area (Å²) in [6.45, 7) is 2.92. The van der Waals surface area contributed by atoms with E-state index in [1.165, 1.54) is 12.7 Å². The molecule has 3 N–H and O–H groups in total. The van der Waals surface area contributed by atoms with Crippen molar-refractivity contribution in [3.05, 3.63) is 12.7 Å². The van der Waals surface area contributed by atoms with Gasteiger partial charge in [0.1, 0.15) is 18.5 Å². The van der Waals surface area contributed by atoms with Crippen molar-refractivity contribution in [3.8, 4) is 0 Å². The highest BCUT2D eigenvalue weighted by molar-refractivity contribution is 6.00. The predicted molar refractivity (Wildman–Crippen MR) is 102 cm³/mol. The average molecular weight is 421 g/mol. The third-order valence-corrected chi connectivity index (χ3v) is 5.42. The summed E-state index contributed by atoms with van der Waals surface area (Å²) in [4.78, 5) is 50.9. The molecule has 0 spiro atoms. The summed E-state index contributed by atoms with van der Waals surface area (Å²) >= 11 is 0. The smallest absolute Gasteiger partial charge is 0.206 e. The van der Waals surface area contributed by atoms with Crippen LogP contribution in [-0.2, 0) is 19.1 Å². The van der Waals surface area contributed by atoms with Gasteiger partial charge in [0.15, 0.2) is 46.2 Å². The summed E-state index contributed by atoms with van der Waals surface area (Å²) in [5.41, 5.74) is -5.29. The summed E-state index contributed by atoms with van der Waals surface area (Å²) < 4.78 is 6.79. The van der Waals surface area contributed by atoms with Gasteiger partial charge in [0.2, 0.25) is 5.60 Å². The van der Waals surface area contributed by atoms with E-state index in [0.717, 1.165) is 25.3 Å². The zero-order valence-corrected chi connectivity index (χ0v) is 17.1. The monoisotopic (exact) mass is 421 g/mol. The molecular weight excluding hydrogens is 398 g/mol. The third-order valence-electron chi connectivity index (χ3n) is 5.42. The first kappa shape index (κ1) is 21.9. The van der Waals surface area contributed by atoms with E-state index in [0.29, 0.717) is 11.3 Å². The minimum atomic E-state index is -2.90. The molecule has 162 valence electrons. The number of hydrogen-bond donors (Lipinski definition) is 3. The van der Waals surface area contributed by atoms with Crippen LogP contribution < -0.4 is 4.90 Å². The molecule has 1 aliphatic rings. The average Bonchev–Trinajstić information content (AvgIpc) is 3.19. The molecule has 1 unspecified atom stereocenters. The number of aliphatic hydroxyl groups is 3. The van der Waals surface area contributed by atoms with Gasteiger partial charge in [-0.05, 0) is 20.8 Å². The number of nitrogens with zero attached hydrogens (tertiary/aromatic N) is 5. The molecule has 1 saturated heterocycles. The summed E-state index contributed by atoms with van der Waals surface area (Å²) in [6.07, 6.45) is -3.15. The Kier molecular flexibility index (Phi) is 5.23. The number of Topliss-reactive ketones (excluding diaryl/α,β-unsaturated/α-hetero) is 3. The van der Waals surface area contributed by atoms with E-state index in [9.17, 15) is 29.7 Å². The standard InChI is InChI=1S/C18H23N5O7/c1-8(24)12(27)13-17(28,9(2)25)18(29,10(3)26)16(30-13)23-7-21-11-14(22(4)5)19-6-20-15(11)23/h6-7,12-13,16,27-29H,1-5H3/t12?,13-,16-,17-,18-/m1/s1. The highest BCUT2D eigenvalue weighted by Crippen LogP contribution is 2.48. The van der Waals surface area contributed by atoms with Crippen LogP contribution in [0.2, 0.25) is 0 Å². The number of carbonyl (C=O) groups excluding carboxylic acids is 3. The lowest BCUT2D eigenvalue weighted by Gasteiger charge is -2.37. The summed E-state index contributed by atoms with van der Waals surface area (Å²) in [6, 6.07) is 0. The zero-order valence-electron chi connectivity index (χ0n) is 17.1. The maximum atomic E-state index is 12.6. The lowest BCUT2D eigenvalue weighted by molar-refractivity contribution is -0.184. The van der Waals surface area contributed by atoms with Gasteiger partial charge < -0.3 is 25.0 Å². The minimum Gasteiger partial charge on any atom is -0.382 e. The van der Waals surface area contributed by atoms with Crippen molar-refractivity contribution < 1.29 is 34.4 Å². The highest BCUT2D eigenvalue weighted by Gasteiger charge is 2.73. The number of aliphatic hydroxyl groups excluding tert-OH is 1. The van der Waals surface area contributed by atoms with Gasteiger partial charge in [-0.2, -0.15) is 0 Å².